The standard InChI is InChI=1S/C22H22N2O8S2/c1-14-4-10-18(11-5-14)33-20-12-19(25)23(20)21(15(2)32-34(3,29)30)22(26)31-13-16-6-8-17(9-7-16)24(27)28/h4-11,20H,12-13H2,1-3H3. The van der Waals surface area contributed by atoms with Gasteiger partial charge in [-0.2, -0.15) is 8.42 Å². The van der Waals surface area contributed by atoms with Crippen LogP contribution in [0.1, 0.15) is 24.5 Å². The summed E-state index contributed by atoms with van der Waals surface area (Å²) in [6, 6.07) is 13.0. The Balaban J connectivity index is 1.83. The van der Waals surface area contributed by atoms with E-state index in [9.17, 15) is 28.1 Å². The topological polar surface area (TPSA) is 133 Å². The molecule has 1 aliphatic rings. The highest BCUT2D eigenvalue weighted by molar-refractivity contribution is 8.00. The lowest BCUT2D eigenvalue weighted by atomic mass is 10.1. The van der Waals surface area contributed by atoms with E-state index in [1.807, 2.05) is 31.2 Å². The monoisotopic (exact) mass is 506 g/mol. The van der Waals surface area contributed by atoms with Gasteiger partial charge in [0, 0.05) is 17.0 Å². The average Bonchev–Trinajstić information content (AvgIpc) is 2.75. The predicted molar refractivity (Wildman–Crippen MR) is 124 cm³/mol. The highest BCUT2D eigenvalue weighted by atomic mass is 32.2. The lowest BCUT2D eigenvalue weighted by Crippen LogP contribution is -2.52. The molecule has 1 saturated heterocycles. The SMILES string of the molecule is CC(OS(C)(=O)=O)=C(C(=O)OCc1ccc([N+](=O)[O-])cc1)N1C(=O)CC1Sc1ccc(C)cc1. The number of amides is 1. The second-order valence-corrected chi connectivity index (χ2v) is 10.4. The molecule has 1 aliphatic heterocycles. The number of β-lactam (4-membered cyclic amide) rings is 1. The van der Waals surface area contributed by atoms with E-state index in [0.29, 0.717) is 5.56 Å². The van der Waals surface area contributed by atoms with Crippen LogP contribution in [0.4, 0.5) is 5.69 Å². The van der Waals surface area contributed by atoms with E-state index in [1.165, 1.54) is 47.9 Å². The van der Waals surface area contributed by atoms with Crippen LogP contribution < -0.4 is 0 Å². The molecule has 2 aromatic carbocycles. The van der Waals surface area contributed by atoms with Crippen LogP contribution in [-0.2, 0) is 35.2 Å². The number of hydrogen-bond donors (Lipinski definition) is 0. The maximum Gasteiger partial charge on any atom is 0.359 e. The van der Waals surface area contributed by atoms with E-state index in [4.69, 9.17) is 8.92 Å². The minimum absolute atomic E-state index is 0.116. The van der Waals surface area contributed by atoms with Gasteiger partial charge in [-0.05, 0) is 43.7 Å². The zero-order valence-corrected chi connectivity index (χ0v) is 20.2. The summed E-state index contributed by atoms with van der Waals surface area (Å²) in [5.41, 5.74) is 1.11. The summed E-state index contributed by atoms with van der Waals surface area (Å²) in [6.07, 6.45) is 0.969. The Bertz CT molecular complexity index is 1240. The number of thioether (sulfide) groups is 1. The largest absolute Gasteiger partial charge is 0.456 e. The molecule has 0 N–H and O–H groups in total. The first-order valence-corrected chi connectivity index (χ1v) is 12.7. The van der Waals surface area contributed by atoms with Crippen molar-refractivity contribution in [3.05, 3.63) is 81.2 Å². The van der Waals surface area contributed by atoms with Crippen LogP contribution in [0.3, 0.4) is 0 Å². The normalized spacial score (nSPS) is 16.4. The summed E-state index contributed by atoms with van der Waals surface area (Å²) in [5, 5.41) is 10.3. The molecule has 0 bridgehead atoms. The van der Waals surface area contributed by atoms with Crippen molar-refractivity contribution in [1.29, 1.82) is 0 Å². The molecule has 1 unspecified atom stereocenters. The highest BCUT2D eigenvalue weighted by Crippen LogP contribution is 2.39. The highest BCUT2D eigenvalue weighted by Gasteiger charge is 2.43. The van der Waals surface area contributed by atoms with Crippen molar-refractivity contribution in [3.8, 4) is 0 Å². The molecular formula is C22H22N2O8S2. The van der Waals surface area contributed by atoms with Crippen LogP contribution in [0.25, 0.3) is 0 Å². The van der Waals surface area contributed by atoms with Gasteiger partial charge in [0.2, 0.25) is 5.91 Å². The van der Waals surface area contributed by atoms with E-state index in [-0.39, 0.29) is 36.1 Å². The van der Waals surface area contributed by atoms with Gasteiger partial charge in [-0.25, -0.2) is 4.79 Å². The van der Waals surface area contributed by atoms with Crippen LogP contribution in [0.5, 0.6) is 0 Å². The summed E-state index contributed by atoms with van der Waals surface area (Å²) in [7, 11) is -3.97. The molecule has 3 rings (SSSR count). The van der Waals surface area contributed by atoms with Crippen molar-refractivity contribution in [1.82, 2.24) is 4.90 Å². The average molecular weight is 507 g/mol. The number of carbonyl (C=O) groups is 2. The number of aryl methyl sites for hydroxylation is 1. The van der Waals surface area contributed by atoms with Crippen LogP contribution in [0.2, 0.25) is 0 Å². The molecule has 0 spiro atoms. The molecule has 12 heteroatoms. The first kappa shape index (κ1) is 25.2. The predicted octanol–water partition coefficient (Wildman–Crippen LogP) is 3.50. The molecular weight excluding hydrogens is 484 g/mol. The van der Waals surface area contributed by atoms with E-state index in [0.717, 1.165) is 16.7 Å². The summed E-state index contributed by atoms with van der Waals surface area (Å²) >= 11 is 1.35. The van der Waals surface area contributed by atoms with Crippen LogP contribution in [-0.4, -0.2) is 41.7 Å². The quantitative estimate of drug-likeness (QED) is 0.0953. The Labute approximate surface area is 200 Å². The summed E-state index contributed by atoms with van der Waals surface area (Å²) in [4.78, 5) is 37.7. The number of ether oxygens (including phenoxy) is 1. The van der Waals surface area contributed by atoms with Crippen molar-refractivity contribution in [3.63, 3.8) is 0 Å². The van der Waals surface area contributed by atoms with Crippen molar-refractivity contribution in [2.45, 2.75) is 37.1 Å². The Hall–Kier alpha value is -3.38. The lowest BCUT2D eigenvalue weighted by Gasteiger charge is -2.40. The molecule has 0 aliphatic carbocycles. The molecule has 1 fully saturated rings. The third kappa shape index (κ3) is 6.35. The number of allylic oxidation sites excluding steroid dienone is 1. The molecule has 0 saturated carbocycles. The van der Waals surface area contributed by atoms with Crippen LogP contribution in [0.15, 0.2) is 64.9 Å². The van der Waals surface area contributed by atoms with Crippen molar-refractivity contribution >= 4 is 39.4 Å². The minimum atomic E-state index is -3.97. The Kier molecular flexibility index (Phi) is 7.62. The molecule has 0 aromatic heterocycles. The number of carbonyl (C=O) groups excluding carboxylic acids is 2. The third-order valence-corrected chi connectivity index (χ3v) is 6.51. The van der Waals surface area contributed by atoms with E-state index >= 15 is 0 Å². The Morgan fingerprint density at radius 2 is 1.79 bits per heavy atom. The molecule has 10 nitrogen and oxygen atoms in total. The molecule has 0 radical (unpaired) electrons. The van der Waals surface area contributed by atoms with E-state index in [2.05, 4.69) is 0 Å². The first-order chi connectivity index (χ1) is 15.9. The molecule has 1 atom stereocenters. The zero-order valence-electron chi connectivity index (χ0n) is 18.6. The maximum absolute atomic E-state index is 13.0. The number of likely N-dealkylation sites (tertiary alicyclic amines) is 1. The number of benzene rings is 2. The second kappa shape index (κ2) is 10.3. The molecule has 1 amide bonds. The fraction of sp³-hybridized carbons (Fsp3) is 0.273. The first-order valence-electron chi connectivity index (χ1n) is 10.0. The number of nitrogens with zero attached hydrogens (tertiary/aromatic N) is 2. The lowest BCUT2D eigenvalue weighted by molar-refractivity contribution is -0.384. The van der Waals surface area contributed by atoms with Gasteiger partial charge < -0.3 is 8.92 Å². The van der Waals surface area contributed by atoms with Crippen LogP contribution >= 0.6 is 11.8 Å². The second-order valence-electron chi connectivity index (χ2n) is 7.55. The molecule has 180 valence electrons. The minimum Gasteiger partial charge on any atom is -0.456 e. The Morgan fingerprint density at radius 1 is 1.18 bits per heavy atom. The van der Waals surface area contributed by atoms with Gasteiger partial charge in [0.1, 0.15) is 12.4 Å². The van der Waals surface area contributed by atoms with Gasteiger partial charge in [0.15, 0.2) is 5.70 Å². The number of esters is 1. The molecule has 1 heterocycles. The van der Waals surface area contributed by atoms with Gasteiger partial charge in [0.25, 0.3) is 5.69 Å². The van der Waals surface area contributed by atoms with Crippen molar-refractivity contribution in [2.75, 3.05) is 6.26 Å². The maximum atomic E-state index is 13.0. The van der Waals surface area contributed by atoms with Crippen molar-refractivity contribution < 1.29 is 31.9 Å². The molecule has 2 aromatic rings. The van der Waals surface area contributed by atoms with Crippen LogP contribution in [0, 0.1) is 17.0 Å². The third-order valence-electron chi connectivity index (χ3n) is 4.76. The Morgan fingerprint density at radius 3 is 2.32 bits per heavy atom. The van der Waals surface area contributed by atoms with Gasteiger partial charge in [-0.3, -0.25) is 19.8 Å². The number of rotatable bonds is 9. The fourth-order valence-electron chi connectivity index (χ4n) is 3.13. The van der Waals surface area contributed by atoms with E-state index in [1.54, 1.807) is 0 Å². The van der Waals surface area contributed by atoms with Gasteiger partial charge >= 0.3 is 16.1 Å². The number of nitro benzene ring substituents is 1. The van der Waals surface area contributed by atoms with E-state index < -0.39 is 26.4 Å². The zero-order chi connectivity index (χ0) is 25.0. The van der Waals surface area contributed by atoms with Gasteiger partial charge in [0.05, 0.1) is 23.0 Å². The van der Waals surface area contributed by atoms with Gasteiger partial charge in [-0.15, -0.1) is 11.8 Å². The number of non-ortho nitro benzene ring substituents is 1. The van der Waals surface area contributed by atoms with Crippen molar-refractivity contribution in [2.24, 2.45) is 0 Å². The summed E-state index contributed by atoms with van der Waals surface area (Å²) in [6.45, 7) is 2.97. The number of hydrogen-bond acceptors (Lipinski definition) is 9. The molecule has 34 heavy (non-hydrogen) atoms. The summed E-state index contributed by atoms with van der Waals surface area (Å²) in [5.74, 6) is -1.64. The van der Waals surface area contributed by atoms with Gasteiger partial charge in [-0.1, -0.05) is 17.7 Å². The smallest absolute Gasteiger partial charge is 0.359 e. The summed E-state index contributed by atoms with van der Waals surface area (Å²) < 4.78 is 33.6. The fourth-order valence-corrected chi connectivity index (χ4v) is 4.83. The number of nitro groups is 1.